The van der Waals surface area contributed by atoms with Crippen LogP contribution in [0.2, 0.25) is 0 Å². The number of aromatic nitrogens is 4. The number of benzene rings is 7. The maximum atomic E-state index is 5.31. The highest BCUT2D eigenvalue weighted by Crippen LogP contribution is 2.51. The van der Waals surface area contributed by atoms with Crippen LogP contribution in [-0.4, -0.2) is 19.5 Å². The van der Waals surface area contributed by atoms with Crippen LogP contribution in [0.25, 0.3) is 90.0 Å². The summed E-state index contributed by atoms with van der Waals surface area (Å²) in [6.07, 6.45) is 5.64. The molecule has 4 heteroatoms. The van der Waals surface area contributed by atoms with E-state index in [1.54, 1.807) is 0 Å². The van der Waals surface area contributed by atoms with Crippen LogP contribution in [0, 0.1) is 0 Å². The summed E-state index contributed by atoms with van der Waals surface area (Å²) in [7, 11) is 0. The Hall–Kier alpha value is -6.91. The van der Waals surface area contributed by atoms with Crippen LogP contribution in [0.3, 0.4) is 0 Å². The normalized spacial score (nSPS) is 14.1. The van der Waals surface area contributed by atoms with Gasteiger partial charge in [0.05, 0.1) is 16.7 Å². The van der Waals surface area contributed by atoms with Gasteiger partial charge in [-0.15, -0.1) is 0 Å². The van der Waals surface area contributed by atoms with Crippen LogP contribution in [0.5, 0.6) is 0 Å². The van der Waals surface area contributed by atoms with E-state index in [9.17, 15) is 0 Å². The molecule has 2 aromatic heterocycles. The molecule has 2 heterocycles. The van der Waals surface area contributed by atoms with Crippen molar-refractivity contribution in [1.29, 1.82) is 0 Å². The SMILES string of the molecule is C1=Cc2ccc3c4c2C(C1)c1ccccc1-c1cccc(c14)n3-c1ccccc1-c1nc(-c2ccccc2)nc(-c2ccccc2-c2ccccc2)n1. The van der Waals surface area contributed by atoms with E-state index in [-0.39, 0.29) is 0 Å². The largest absolute Gasteiger partial charge is 0.308 e. The predicted octanol–water partition coefficient (Wildman–Crippen LogP) is 12.2. The third-order valence-corrected chi connectivity index (χ3v) is 11.0. The van der Waals surface area contributed by atoms with Gasteiger partial charge in [0, 0.05) is 33.4 Å². The van der Waals surface area contributed by atoms with Crippen molar-refractivity contribution in [2.45, 2.75) is 12.3 Å². The fourth-order valence-corrected chi connectivity index (χ4v) is 8.71. The first kappa shape index (κ1) is 29.8. The van der Waals surface area contributed by atoms with Crippen molar-refractivity contribution in [2.75, 3.05) is 0 Å². The van der Waals surface area contributed by atoms with Crippen LogP contribution in [-0.2, 0) is 0 Å². The van der Waals surface area contributed by atoms with Gasteiger partial charge in [0.1, 0.15) is 0 Å². The first-order chi connectivity index (χ1) is 26.3. The van der Waals surface area contributed by atoms with Gasteiger partial charge in [-0.2, -0.15) is 0 Å². The molecule has 0 saturated heterocycles. The van der Waals surface area contributed by atoms with Crippen LogP contribution < -0.4 is 0 Å². The van der Waals surface area contributed by atoms with Crippen molar-refractivity contribution in [3.8, 4) is 62.1 Å². The molecule has 2 aliphatic rings. The molecule has 0 amide bonds. The van der Waals surface area contributed by atoms with E-state index in [1.165, 1.54) is 49.6 Å². The molecule has 4 nitrogen and oxygen atoms in total. The topological polar surface area (TPSA) is 43.6 Å². The standard InChI is InChI=1S/C49H32N4/c1-3-15-31(16-4-1)34-20-7-10-23-39(34)48-50-47(33-17-5-2-6-18-33)51-49(52-48)40-24-11-12-27-41(40)53-42-28-14-26-38-36-22-9-8-21-35(36)37-25-13-19-32-29-30-43(53)46(44(32)37)45(38)42/h1-24,26-30,37H,25H2. The average Bonchev–Trinajstić information content (AvgIpc) is 3.52. The molecule has 1 unspecified atom stereocenters. The van der Waals surface area contributed by atoms with E-state index in [1.807, 2.05) is 24.3 Å². The highest BCUT2D eigenvalue weighted by molar-refractivity contribution is 6.19. The van der Waals surface area contributed by atoms with Gasteiger partial charge >= 0.3 is 0 Å². The smallest absolute Gasteiger partial charge is 0.166 e. The Bertz CT molecular complexity index is 2920. The summed E-state index contributed by atoms with van der Waals surface area (Å²) in [5.74, 6) is 2.21. The Morgan fingerprint density at radius 1 is 0.434 bits per heavy atom. The molecule has 248 valence electrons. The third-order valence-electron chi connectivity index (χ3n) is 11.0. The number of hydrogen-bond donors (Lipinski definition) is 0. The number of nitrogens with zero attached hydrogens (tertiary/aromatic N) is 4. The van der Waals surface area contributed by atoms with Crippen molar-refractivity contribution >= 4 is 27.9 Å². The number of allylic oxidation sites excluding steroid dienone is 1. The van der Waals surface area contributed by atoms with E-state index in [0.29, 0.717) is 23.4 Å². The van der Waals surface area contributed by atoms with Gasteiger partial charge in [-0.05, 0) is 69.6 Å². The molecule has 0 radical (unpaired) electrons. The Morgan fingerprint density at radius 2 is 1.04 bits per heavy atom. The summed E-state index contributed by atoms with van der Waals surface area (Å²) in [6.45, 7) is 0. The number of hydrogen-bond acceptors (Lipinski definition) is 3. The molecule has 0 aliphatic heterocycles. The molecule has 53 heavy (non-hydrogen) atoms. The van der Waals surface area contributed by atoms with Gasteiger partial charge in [0.2, 0.25) is 0 Å². The lowest BCUT2D eigenvalue weighted by Crippen LogP contribution is -2.07. The van der Waals surface area contributed by atoms with Crippen molar-refractivity contribution in [3.05, 3.63) is 187 Å². The fourth-order valence-electron chi connectivity index (χ4n) is 8.71. The van der Waals surface area contributed by atoms with E-state index < -0.39 is 0 Å². The minimum atomic E-state index is 0.292. The summed E-state index contributed by atoms with van der Waals surface area (Å²) >= 11 is 0. The first-order valence-corrected chi connectivity index (χ1v) is 18.2. The predicted molar refractivity (Wildman–Crippen MR) is 217 cm³/mol. The van der Waals surface area contributed by atoms with Gasteiger partial charge < -0.3 is 4.57 Å². The second-order valence-corrected chi connectivity index (χ2v) is 13.9. The van der Waals surface area contributed by atoms with Gasteiger partial charge in [-0.3, -0.25) is 0 Å². The lowest BCUT2D eigenvalue weighted by Gasteiger charge is -2.24. The Kier molecular flexibility index (Phi) is 6.65. The average molecular weight is 677 g/mol. The van der Waals surface area contributed by atoms with Gasteiger partial charge in [0.25, 0.3) is 0 Å². The molecule has 1 atom stereocenters. The molecular weight excluding hydrogens is 645 g/mol. The summed E-state index contributed by atoms with van der Waals surface area (Å²) in [5, 5.41) is 2.64. The van der Waals surface area contributed by atoms with E-state index in [2.05, 4.69) is 156 Å². The van der Waals surface area contributed by atoms with Crippen molar-refractivity contribution in [2.24, 2.45) is 0 Å². The zero-order valence-corrected chi connectivity index (χ0v) is 28.8. The number of fused-ring (bicyclic) bond motifs is 3. The zero-order chi connectivity index (χ0) is 34.9. The molecule has 7 aromatic carbocycles. The van der Waals surface area contributed by atoms with Crippen molar-refractivity contribution in [1.82, 2.24) is 19.5 Å². The van der Waals surface area contributed by atoms with Crippen LogP contribution in [0.15, 0.2) is 170 Å². The van der Waals surface area contributed by atoms with Crippen LogP contribution in [0.4, 0.5) is 0 Å². The summed E-state index contributed by atoms with van der Waals surface area (Å²) in [6, 6.07) is 58.0. The molecule has 9 aromatic rings. The Balaban J connectivity index is 1.20. The number of rotatable bonds is 5. The second-order valence-electron chi connectivity index (χ2n) is 13.9. The van der Waals surface area contributed by atoms with Gasteiger partial charge in [0.15, 0.2) is 17.5 Å². The summed E-state index contributed by atoms with van der Waals surface area (Å²) in [5.41, 5.74) is 15.2. The first-order valence-electron chi connectivity index (χ1n) is 18.2. The minimum Gasteiger partial charge on any atom is -0.308 e. The molecule has 2 aliphatic carbocycles. The van der Waals surface area contributed by atoms with E-state index >= 15 is 0 Å². The fraction of sp³-hybridized carbons (Fsp3) is 0.0408. The lowest BCUT2D eigenvalue weighted by molar-refractivity contribution is 0.831. The van der Waals surface area contributed by atoms with Crippen LogP contribution in [0.1, 0.15) is 29.0 Å². The van der Waals surface area contributed by atoms with E-state index in [0.717, 1.165) is 39.9 Å². The van der Waals surface area contributed by atoms with Crippen molar-refractivity contribution < 1.29 is 0 Å². The molecule has 0 spiro atoms. The second kappa shape index (κ2) is 11.8. The highest BCUT2D eigenvalue weighted by atomic mass is 15.1. The summed E-state index contributed by atoms with van der Waals surface area (Å²) < 4.78 is 2.44. The Morgan fingerprint density at radius 3 is 1.85 bits per heavy atom. The van der Waals surface area contributed by atoms with E-state index in [4.69, 9.17) is 15.0 Å². The molecule has 0 fully saturated rings. The molecule has 11 rings (SSSR count). The van der Waals surface area contributed by atoms with Gasteiger partial charge in [-0.25, -0.2) is 15.0 Å². The molecule has 0 N–H and O–H groups in total. The zero-order valence-electron chi connectivity index (χ0n) is 28.8. The maximum Gasteiger partial charge on any atom is 0.166 e. The highest BCUT2D eigenvalue weighted by Gasteiger charge is 2.31. The lowest BCUT2D eigenvalue weighted by atomic mass is 9.80. The maximum absolute atomic E-state index is 5.31. The van der Waals surface area contributed by atoms with Crippen LogP contribution >= 0.6 is 0 Å². The monoisotopic (exact) mass is 676 g/mol. The number of para-hydroxylation sites is 1. The molecule has 0 saturated carbocycles. The summed E-state index contributed by atoms with van der Waals surface area (Å²) in [4.78, 5) is 15.7. The molecule has 0 bridgehead atoms. The third kappa shape index (κ3) is 4.59. The van der Waals surface area contributed by atoms with Crippen molar-refractivity contribution in [3.63, 3.8) is 0 Å². The minimum absolute atomic E-state index is 0.292. The Labute approximate surface area is 307 Å². The quantitative estimate of drug-likeness (QED) is 0.182. The molecular formula is C49H32N4. The van der Waals surface area contributed by atoms with Gasteiger partial charge in [-0.1, -0.05) is 152 Å².